The molecule has 0 aromatic heterocycles. The van der Waals surface area contributed by atoms with Crippen LogP contribution in [0, 0.1) is 47.4 Å². The third-order valence-corrected chi connectivity index (χ3v) is 11.3. The zero-order valence-corrected chi connectivity index (χ0v) is 30.0. The van der Waals surface area contributed by atoms with E-state index in [4.69, 9.17) is 20.9 Å². The van der Waals surface area contributed by atoms with Crippen LogP contribution in [-0.2, 0) is 16.0 Å². The molecule has 5 N–H and O–H groups in total. The molecule has 49 heavy (non-hydrogen) atoms. The lowest BCUT2D eigenvalue weighted by Gasteiger charge is -2.33. The fourth-order valence-corrected chi connectivity index (χ4v) is 8.50. The Labute approximate surface area is 295 Å². The second kappa shape index (κ2) is 18.5. The van der Waals surface area contributed by atoms with Gasteiger partial charge in [0.1, 0.15) is 0 Å². The Hall–Kier alpha value is -3.42. The van der Waals surface area contributed by atoms with Gasteiger partial charge >= 0.3 is 0 Å². The molecule has 7 heteroatoms. The molecule has 5 aliphatic carbocycles. The van der Waals surface area contributed by atoms with E-state index in [-0.39, 0.29) is 47.4 Å². The molecule has 2 bridgehead atoms. The van der Waals surface area contributed by atoms with Crippen LogP contribution in [0.5, 0.6) is 11.5 Å². The number of methoxy groups -OCH3 is 1. The molecule has 266 valence electrons. The number of rotatable bonds is 12. The van der Waals surface area contributed by atoms with Crippen LogP contribution in [0.2, 0.25) is 0 Å². The summed E-state index contributed by atoms with van der Waals surface area (Å²) in [5.74, 6) is 15.9. The summed E-state index contributed by atoms with van der Waals surface area (Å²) in [6.45, 7) is 2.79. The number of carbonyl (C=O) groups excluding carboxylic acids is 1. The van der Waals surface area contributed by atoms with Gasteiger partial charge in [-0.1, -0.05) is 50.5 Å². The zero-order chi connectivity index (χ0) is 34.6. The van der Waals surface area contributed by atoms with Crippen molar-refractivity contribution in [3.05, 3.63) is 34.9 Å². The first kappa shape index (κ1) is 36.9. The molecular formula is C42H59N3O4. The summed E-state index contributed by atoms with van der Waals surface area (Å²) in [5.41, 5.74) is 14.5. The number of fused-ring (bicyclic) bond motifs is 8. The van der Waals surface area contributed by atoms with E-state index in [1.807, 2.05) is 6.07 Å². The van der Waals surface area contributed by atoms with E-state index in [1.54, 1.807) is 13.2 Å². The van der Waals surface area contributed by atoms with Crippen molar-refractivity contribution in [2.24, 2.45) is 40.1 Å². The molecule has 0 saturated heterocycles. The highest BCUT2D eigenvalue weighted by Gasteiger charge is 2.34. The van der Waals surface area contributed by atoms with Gasteiger partial charge in [0, 0.05) is 44.1 Å². The van der Waals surface area contributed by atoms with Crippen LogP contribution in [0.3, 0.4) is 0 Å². The molecule has 0 spiro atoms. The van der Waals surface area contributed by atoms with Crippen molar-refractivity contribution in [3.63, 3.8) is 0 Å². The van der Waals surface area contributed by atoms with Crippen LogP contribution in [0.25, 0.3) is 0 Å². The summed E-state index contributed by atoms with van der Waals surface area (Å²) in [5, 5.41) is 12.2. The van der Waals surface area contributed by atoms with E-state index in [2.05, 4.69) is 41.7 Å². The molecule has 5 atom stereocenters. The number of aliphatic imine (C=N–C) groups is 1. The summed E-state index contributed by atoms with van der Waals surface area (Å²) in [4.78, 5) is 17.9. The minimum atomic E-state index is -0.204. The second-order valence-corrected chi connectivity index (χ2v) is 15.1. The van der Waals surface area contributed by atoms with E-state index >= 15 is 0 Å². The monoisotopic (exact) mass is 669 g/mol. The van der Waals surface area contributed by atoms with Gasteiger partial charge in [0.2, 0.25) is 0 Å². The number of nitrogens with zero attached hydrogens (tertiary/aromatic N) is 1. The second-order valence-electron chi connectivity index (χ2n) is 15.1. The summed E-state index contributed by atoms with van der Waals surface area (Å²) in [6.07, 6.45) is 21.2. The minimum Gasteiger partial charge on any atom is -0.504 e. The number of aryl methyl sites for hydroxylation is 1. The zero-order valence-electron chi connectivity index (χ0n) is 30.0. The van der Waals surface area contributed by atoms with E-state index in [0.717, 1.165) is 86.8 Å². The molecular weight excluding hydrogens is 610 g/mol. The number of guanidine groups is 1. The van der Waals surface area contributed by atoms with Crippen molar-refractivity contribution in [1.29, 1.82) is 0 Å². The van der Waals surface area contributed by atoms with Crippen LogP contribution in [0.1, 0.15) is 139 Å². The number of carbonyl (C=O) groups is 1. The Kier molecular flexibility index (Phi) is 13.9. The van der Waals surface area contributed by atoms with E-state index in [9.17, 15) is 9.90 Å². The molecule has 0 amide bonds. The quantitative estimate of drug-likeness (QED) is 0.0908. The highest BCUT2D eigenvalue weighted by atomic mass is 16.5. The topological polar surface area (TPSA) is 120 Å². The maximum absolute atomic E-state index is 13.2. The number of ketones is 1. The van der Waals surface area contributed by atoms with Crippen LogP contribution in [0.15, 0.2) is 23.2 Å². The number of hydrogen-bond donors (Lipinski definition) is 3. The Balaban J connectivity index is 1.58. The molecule has 6 rings (SSSR count). The van der Waals surface area contributed by atoms with Crippen molar-refractivity contribution < 1.29 is 19.4 Å². The van der Waals surface area contributed by atoms with Crippen LogP contribution in [0.4, 0.5) is 0 Å². The van der Waals surface area contributed by atoms with E-state index in [0.29, 0.717) is 37.5 Å². The van der Waals surface area contributed by atoms with Crippen molar-refractivity contribution in [2.75, 3.05) is 13.7 Å². The van der Waals surface area contributed by atoms with Gasteiger partial charge in [0.15, 0.2) is 23.2 Å². The average Bonchev–Trinajstić information content (AvgIpc) is 3.80. The van der Waals surface area contributed by atoms with Gasteiger partial charge in [0.05, 0.1) is 18.1 Å². The number of nitrogens with two attached hydrogens (primary N) is 2. The summed E-state index contributed by atoms with van der Waals surface area (Å²) >= 11 is 0. The average molecular weight is 670 g/mol. The Morgan fingerprint density at radius 3 is 2.53 bits per heavy atom. The fourth-order valence-electron chi connectivity index (χ4n) is 8.50. The lowest BCUT2D eigenvalue weighted by Crippen LogP contribution is -2.30. The first-order chi connectivity index (χ1) is 23.8. The lowest BCUT2D eigenvalue weighted by atomic mass is 9.74. The predicted octanol–water partition coefficient (Wildman–Crippen LogP) is 7.71. The summed E-state index contributed by atoms with van der Waals surface area (Å²) in [7, 11) is 1.75. The minimum absolute atomic E-state index is 0.0334. The number of ether oxygens (including phenoxy) is 2. The third-order valence-electron chi connectivity index (χ3n) is 11.3. The number of allylic oxidation sites excluding steroid dienone is 2. The van der Waals surface area contributed by atoms with Gasteiger partial charge in [-0.25, -0.2) is 4.99 Å². The molecule has 5 aliphatic rings. The van der Waals surface area contributed by atoms with E-state index < -0.39 is 0 Å². The predicted molar refractivity (Wildman–Crippen MR) is 197 cm³/mol. The third kappa shape index (κ3) is 10.5. The van der Waals surface area contributed by atoms with Crippen LogP contribution < -0.4 is 16.2 Å². The molecule has 0 heterocycles. The molecule has 2 fully saturated rings. The van der Waals surface area contributed by atoms with Gasteiger partial charge in [0.25, 0.3) is 0 Å². The molecule has 2 saturated carbocycles. The standard InChI is InChI=1S/C42H59N3O4/c1-29-11-3-7-15-31-21-25-36-32(20-23-34(46)16-8-6-14-30-12-4-5-13-30)27-39(49-35-17-9-10-18-35)41(47)40(36)37(24-19-29)33(28-48-2)22-26-38(31)45-42(43)44/h8,16,27,29-31,33,35,37-38,47H,4-6,9-15,17-20,22-24,26,28H2,1-2H3,(H4,43,44,45)/t29-,31+,33-,37+,38+/m1/s1. The maximum atomic E-state index is 13.2. The van der Waals surface area contributed by atoms with Crippen molar-refractivity contribution >= 4 is 11.7 Å². The maximum Gasteiger partial charge on any atom is 0.186 e. The van der Waals surface area contributed by atoms with Crippen molar-refractivity contribution in [3.8, 4) is 35.2 Å². The first-order valence-corrected chi connectivity index (χ1v) is 19.1. The SMILES string of the molecule is COC[C@H]1CC[C@H](N=C(N)N)[C@@H]2C#Cc3c(CCC(=O)C=CCCC4CCCC4)cc(OC4CCCC4)c(O)c3[C@H]1CC[C@H](C)CC#CC2. The van der Waals surface area contributed by atoms with Gasteiger partial charge < -0.3 is 26.0 Å². The lowest BCUT2D eigenvalue weighted by molar-refractivity contribution is -0.114. The summed E-state index contributed by atoms with van der Waals surface area (Å²) in [6, 6.07) is 1.76. The van der Waals surface area contributed by atoms with Crippen molar-refractivity contribution in [2.45, 2.75) is 141 Å². The van der Waals surface area contributed by atoms with Crippen LogP contribution in [-0.4, -0.2) is 42.7 Å². The number of phenols is 1. The number of aromatic hydroxyl groups is 1. The first-order valence-electron chi connectivity index (χ1n) is 19.1. The van der Waals surface area contributed by atoms with Crippen LogP contribution >= 0.6 is 0 Å². The molecule has 1 aromatic rings. The van der Waals surface area contributed by atoms with Crippen molar-refractivity contribution in [1.82, 2.24) is 0 Å². The van der Waals surface area contributed by atoms with Gasteiger partial charge in [-0.2, -0.15) is 0 Å². The van der Waals surface area contributed by atoms with Gasteiger partial charge in [-0.05, 0) is 112 Å². The Bertz CT molecular complexity index is 1440. The van der Waals surface area contributed by atoms with E-state index in [1.165, 1.54) is 32.1 Å². The highest BCUT2D eigenvalue weighted by Crippen LogP contribution is 2.47. The molecule has 0 aliphatic heterocycles. The highest BCUT2D eigenvalue weighted by molar-refractivity contribution is 5.89. The summed E-state index contributed by atoms with van der Waals surface area (Å²) < 4.78 is 12.5. The smallest absolute Gasteiger partial charge is 0.186 e. The molecule has 7 nitrogen and oxygen atoms in total. The molecule has 0 unspecified atom stereocenters. The van der Waals surface area contributed by atoms with Gasteiger partial charge in [-0.15, -0.1) is 11.8 Å². The van der Waals surface area contributed by atoms with Gasteiger partial charge in [-0.3, -0.25) is 4.79 Å². The largest absolute Gasteiger partial charge is 0.504 e. The number of benzene rings is 1. The normalized spacial score (nSPS) is 26.2. The molecule has 1 aromatic carbocycles. The number of phenolic OH excluding ortho intramolecular Hbond substituents is 1. The Morgan fingerprint density at radius 2 is 1.78 bits per heavy atom. The number of hydrogen-bond acceptors (Lipinski definition) is 5. The fraction of sp³-hybridized carbons (Fsp3) is 0.667. The molecule has 0 radical (unpaired) electrons. The Morgan fingerprint density at radius 1 is 1.02 bits per heavy atom.